The quantitative estimate of drug-likeness (QED) is 0.164. The zero-order valence-corrected chi connectivity index (χ0v) is 44.8. The molecule has 16 rings (SSSR count). The van der Waals surface area contributed by atoms with E-state index in [2.05, 4.69) is 239 Å². The third-order valence-corrected chi connectivity index (χ3v) is 16.6. The van der Waals surface area contributed by atoms with E-state index < -0.39 is 0 Å². The highest BCUT2D eigenvalue weighted by Gasteiger charge is 2.12. The summed E-state index contributed by atoms with van der Waals surface area (Å²) < 4.78 is 19.4. The lowest BCUT2D eigenvalue weighted by Gasteiger charge is -2.07. The molecule has 0 aliphatic rings. The lowest BCUT2D eigenvalue weighted by Crippen LogP contribution is -1.92. The number of fused-ring (bicyclic) bond motifs is 15. The summed E-state index contributed by atoms with van der Waals surface area (Å²) in [5.41, 5.74) is 14.1. The average molecular weight is 1020 g/mol. The number of aryl methyl sites for hydroxylation is 5. The van der Waals surface area contributed by atoms with Crippen molar-refractivity contribution in [2.24, 2.45) is 0 Å². The first-order valence-corrected chi connectivity index (χ1v) is 27.4. The molecule has 0 amide bonds. The zero-order valence-electron chi connectivity index (χ0n) is 43.2. The molecule has 0 spiro atoms. The van der Waals surface area contributed by atoms with Crippen LogP contribution >= 0.6 is 22.7 Å². The predicted octanol–water partition coefficient (Wildman–Crippen LogP) is 21.6. The third-order valence-electron chi connectivity index (χ3n) is 14.1. The molecular formula is C71H55NO2S2. The van der Waals surface area contributed by atoms with Crippen LogP contribution in [0.25, 0.3) is 112 Å². The smallest absolute Gasteiger partial charge is 0.138 e. The maximum absolute atomic E-state index is 5.78. The van der Waals surface area contributed by atoms with Gasteiger partial charge in [0, 0.05) is 78.3 Å². The van der Waals surface area contributed by atoms with Crippen LogP contribution in [0.2, 0.25) is 0 Å². The first-order valence-electron chi connectivity index (χ1n) is 25.8. The topological polar surface area (TPSA) is 31.2 Å². The van der Waals surface area contributed by atoms with Gasteiger partial charge in [-0.3, -0.25) is 0 Å². The Kier molecular flexibility index (Phi) is 13.2. The standard InChI is InChI=1S/C19H15N.2C13H10O.2C13H10S/c1-14-11-12-19-17(13-14)16-9-5-6-10-18(16)20(19)15-7-3-2-4-8-15;1-9-5-4-7-11-10-6-2-3-8-12(10)14-13(9)11;1-9-6-7-13-11(8-9)10-4-2-3-5-12(10)14-13;1-9-5-4-7-11-10-6-2-3-8-12(10)14-13(9)11;1-9-6-7-13-11(8-9)10-4-2-3-5-12(10)14-13/h2-13H,1H3;4*2-8H,1H3. The Labute approximate surface area is 450 Å². The van der Waals surface area contributed by atoms with E-state index in [1.807, 2.05) is 65.1 Å². The van der Waals surface area contributed by atoms with E-state index in [-0.39, 0.29) is 0 Å². The second-order valence-electron chi connectivity index (χ2n) is 19.5. The lowest BCUT2D eigenvalue weighted by atomic mass is 10.1. The Morgan fingerprint density at radius 1 is 0.289 bits per heavy atom. The van der Waals surface area contributed by atoms with Crippen LogP contribution in [0, 0.1) is 34.6 Å². The number of hydrogen-bond acceptors (Lipinski definition) is 4. The molecule has 76 heavy (non-hydrogen) atoms. The minimum absolute atomic E-state index is 0.966. The molecule has 16 aromatic rings. The van der Waals surface area contributed by atoms with Gasteiger partial charge >= 0.3 is 0 Å². The molecule has 5 heterocycles. The van der Waals surface area contributed by atoms with Crippen LogP contribution in [-0.4, -0.2) is 4.57 Å². The Morgan fingerprint density at radius 3 is 1.50 bits per heavy atom. The van der Waals surface area contributed by atoms with Crippen molar-refractivity contribution in [2.75, 3.05) is 0 Å². The van der Waals surface area contributed by atoms with Crippen molar-refractivity contribution < 1.29 is 8.83 Å². The van der Waals surface area contributed by atoms with Crippen molar-refractivity contribution in [1.82, 2.24) is 4.57 Å². The highest BCUT2D eigenvalue weighted by Crippen LogP contribution is 2.37. The van der Waals surface area contributed by atoms with Crippen molar-refractivity contribution in [1.29, 1.82) is 0 Å². The predicted molar refractivity (Wildman–Crippen MR) is 331 cm³/mol. The fourth-order valence-corrected chi connectivity index (χ4v) is 12.7. The Balaban J connectivity index is 0.0000000966. The molecule has 3 nitrogen and oxygen atoms in total. The fraction of sp³-hybridized carbons (Fsp3) is 0.0704. The maximum atomic E-state index is 5.78. The molecule has 368 valence electrons. The van der Waals surface area contributed by atoms with Crippen molar-refractivity contribution in [3.05, 3.63) is 270 Å². The molecule has 0 N–H and O–H groups in total. The molecule has 0 saturated carbocycles. The molecule has 5 heteroatoms. The average Bonchev–Trinajstić information content (AvgIpc) is 4.29. The van der Waals surface area contributed by atoms with Gasteiger partial charge in [-0.15, -0.1) is 22.7 Å². The number of rotatable bonds is 1. The van der Waals surface area contributed by atoms with Gasteiger partial charge in [-0.25, -0.2) is 0 Å². The third kappa shape index (κ3) is 9.41. The van der Waals surface area contributed by atoms with Crippen molar-refractivity contribution in [3.63, 3.8) is 0 Å². The van der Waals surface area contributed by atoms with Gasteiger partial charge in [0.15, 0.2) is 0 Å². The SMILES string of the molecule is Cc1ccc2c(c1)c1ccccc1n2-c1ccccc1.Cc1ccc2oc3ccccc3c2c1.Cc1ccc2sc3ccccc3c2c1.Cc1cccc2c1oc1ccccc12.Cc1cccc2c1sc1ccccc12. The Morgan fingerprint density at radius 2 is 0.763 bits per heavy atom. The Bertz CT molecular complexity index is 4470. The van der Waals surface area contributed by atoms with Crippen molar-refractivity contribution >= 4 is 129 Å². The normalized spacial score (nSPS) is 11.2. The minimum atomic E-state index is 0.966. The number of benzene rings is 11. The molecule has 0 atom stereocenters. The van der Waals surface area contributed by atoms with E-state index in [1.54, 1.807) is 0 Å². The molecular weight excluding hydrogens is 963 g/mol. The van der Waals surface area contributed by atoms with E-state index in [1.165, 1.54) is 117 Å². The summed E-state index contributed by atoms with van der Waals surface area (Å²) in [5, 5.41) is 13.0. The van der Waals surface area contributed by atoms with Gasteiger partial charge in [-0.1, -0.05) is 180 Å². The van der Waals surface area contributed by atoms with E-state index in [4.69, 9.17) is 8.83 Å². The number of thiophene rings is 2. The van der Waals surface area contributed by atoms with Crippen LogP contribution < -0.4 is 0 Å². The molecule has 0 unspecified atom stereocenters. The van der Waals surface area contributed by atoms with E-state index >= 15 is 0 Å². The molecule has 0 fully saturated rings. The van der Waals surface area contributed by atoms with Gasteiger partial charge in [0.2, 0.25) is 0 Å². The van der Waals surface area contributed by atoms with Gasteiger partial charge in [0.1, 0.15) is 22.3 Å². The molecule has 5 aromatic heterocycles. The monoisotopic (exact) mass is 1020 g/mol. The molecule has 0 aliphatic heterocycles. The number of para-hydroxylation sites is 5. The van der Waals surface area contributed by atoms with E-state index in [9.17, 15) is 0 Å². The van der Waals surface area contributed by atoms with Crippen molar-refractivity contribution in [2.45, 2.75) is 34.6 Å². The molecule has 0 radical (unpaired) electrons. The summed E-state index contributed by atoms with van der Waals surface area (Å²) in [6.07, 6.45) is 0. The highest BCUT2D eigenvalue weighted by molar-refractivity contribution is 7.26. The molecule has 0 saturated heterocycles. The summed E-state index contributed by atoms with van der Waals surface area (Å²) >= 11 is 3.76. The summed E-state index contributed by atoms with van der Waals surface area (Å²) in [6.45, 7) is 10.6. The zero-order chi connectivity index (χ0) is 51.7. The van der Waals surface area contributed by atoms with E-state index in [0.29, 0.717) is 0 Å². The maximum Gasteiger partial charge on any atom is 0.138 e. The van der Waals surface area contributed by atoms with Crippen LogP contribution in [0.5, 0.6) is 0 Å². The largest absolute Gasteiger partial charge is 0.456 e. The number of nitrogens with zero attached hydrogens (tertiary/aromatic N) is 1. The Hall–Kier alpha value is -8.74. The number of furan rings is 2. The fourth-order valence-electron chi connectivity index (χ4n) is 10.4. The minimum Gasteiger partial charge on any atom is -0.456 e. The summed E-state index contributed by atoms with van der Waals surface area (Å²) in [7, 11) is 0. The number of hydrogen-bond donors (Lipinski definition) is 0. The summed E-state index contributed by atoms with van der Waals surface area (Å²) in [6, 6.07) is 85.1. The highest BCUT2D eigenvalue weighted by atomic mass is 32.1. The van der Waals surface area contributed by atoms with Gasteiger partial charge in [-0.2, -0.15) is 0 Å². The molecule has 0 aliphatic carbocycles. The van der Waals surface area contributed by atoms with Crippen LogP contribution in [0.4, 0.5) is 0 Å². The number of aromatic nitrogens is 1. The summed E-state index contributed by atoms with van der Waals surface area (Å²) in [4.78, 5) is 0. The second-order valence-corrected chi connectivity index (χ2v) is 21.6. The van der Waals surface area contributed by atoms with Gasteiger partial charge in [0.05, 0.1) is 11.0 Å². The van der Waals surface area contributed by atoms with Crippen LogP contribution in [-0.2, 0) is 0 Å². The van der Waals surface area contributed by atoms with Crippen LogP contribution in [0.1, 0.15) is 27.8 Å². The van der Waals surface area contributed by atoms with Crippen LogP contribution in [0.3, 0.4) is 0 Å². The van der Waals surface area contributed by atoms with Gasteiger partial charge in [0.25, 0.3) is 0 Å². The van der Waals surface area contributed by atoms with Gasteiger partial charge < -0.3 is 13.4 Å². The molecule has 11 aromatic carbocycles. The molecule has 0 bridgehead atoms. The van der Waals surface area contributed by atoms with E-state index in [0.717, 1.165) is 22.3 Å². The van der Waals surface area contributed by atoms with Crippen LogP contribution in [0.15, 0.2) is 251 Å². The summed E-state index contributed by atoms with van der Waals surface area (Å²) in [5.74, 6) is 0. The first kappa shape index (κ1) is 48.2. The lowest BCUT2D eigenvalue weighted by molar-refractivity contribution is 0.666. The van der Waals surface area contributed by atoms with Gasteiger partial charge in [-0.05, 0) is 125 Å². The first-order chi connectivity index (χ1) is 37.3. The second kappa shape index (κ2) is 20.9. The van der Waals surface area contributed by atoms with Crippen molar-refractivity contribution in [3.8, 4) is 5.69 Å².